The van der Waals surface area contributed by atoms with Gasteiger partial charge in [-0.3, -0.25) is 14.9 Å². The van der Waals surface area contributed by atoms with Crippen molar-refractivity contribution >= 4 is 34.7 Å². The van der Waals surface area contributed by atoms with Crippen LogP contribution in [0.4, 0.5) is 11.4 Å². The van der Waals surface area contributed by atoms with Crippen molar-refractivity contribution in [3.05, 3.63) is 118 Å². The molecule has 0 unspecified atom stereocenters. The minimum Gasteiger partial charge on any atom is -0.325 e. The normalized spacial score (nSPS) is 11.0. The molecule has 9 heteroatoms. The zero-order valence-corrected chi connectivity index (χ0v) is 21.7. The third kappa shape index (κ3) is 5.28. The van der Waals surface area contributed by atoms with Gasteiger partial charge >= 0.3 is 0 Å². The molecule has 0 aliphatic rings. The molecule has 0 bridgehead atoms. The van der Waals surface area contributed by atoms with E-state index in [9.17, 15) is 14.9 Å². The highest BCUT2D eigenvalue weighted by atomic mass is 32.2. The number of hydrogen-bond acceptors (Lipinski definition) is 6. The highest BCUT2D eigenvalue weighted by Crippen LogP contribution is 2.34. The first-order chi connectivity index (χ1) is 18.4. The molecular formula is C29H25N5O3S. The molecule has 1 N–H and O–H groups in total. The molecule has 0 radical (unpaired) electrons. The van der Waals surface area contributed by atoms with E-state index in [0.717, 1.165) is 44.3 Å². The minimum atomic E-state index is -0.470. The first kappa shape index (κ1) is 25.2. The van der Waals surface area contributed by atoms with E-state index >= 15 is 0 Å². The van der Waals surface area contributed by atoms with Gasteiger partial charge in [0.1, 0.15) is 5.03 Å². The van der Waals surface area contributed by atoms with Crippen molar-refractivity contribution in [2.45, 2.75) is 25.3 Å². The summed E-state index contributed by atoms with van der Waals surface area (Å²) in [6, 6.07) is 26.0. The molecule has 8 nitrogen and oxygen atoms in total. The number of hydrogen-bond donors (Lipinski definition) is 1. The van der Waals surface area contributed by atoms with Crippen LogP contribution in [0.25, 0.3) is 16.8 Å². The second kappa shape index (κ2) is 10.9. The lowest BCUT2D eigenvalue weighted by Crippen LogP contribution is -2.15. The van der Waals surface area contributed by atoms with E-state index in [1.165, 1.54) is 36.0 Å². The number of nitrogens with one attached hydrogen (secondary N) is 1. The Morgan fingerprint density at radius 2 is 1.61 bits per heavy atom. The van der Waals surface area contributed by atoms with Crippen LogP contribution >= 0.6 is 11.8 Å². The van der Waals surface area contributed by atoms with Crippen molar-refractivity contribution in [3.8, 4) is 11.1 Å². The van der Waals surface area contributed by atoms with E-state index in [1.54, 1.807) is 0 Å². The number of nitro benzene ring substituents is 1. The maximum atomic E-state index is 12.9. The monoisotopic (exact) mass is 523 g/mol. The molecule has 5 aromatic rings. The molecule has 2 heterocycles. The SMILES string of the molecule is Cc1nc2c(-c3ccccc3)c(C)nn2c(SCC(=O)Nc2ccc([N+](=O)[O-])cc2)c1Cc1ccccc1. The quantitative estimate of drug-likeness (QED) is 0.112. The van der Waals surface area contributed by atoms with Crippen LogP contribution in [0.15, 0.2) is 90.0 Å². The van der Waals surface area contributed by atoms with Gasteiger partial charge in [0.2, 0.25) is 5.91 Å². The number of aromatic nitrogens is 3. The van der Waals surface area contributed by atoms with Crippen molar-refractivity contribution in [1.82, 2.24) is 14.6 Å². The number of nitrogens with zero attached hydrogens (tertiary/aromatic N) is 4. The number of thioether (sulfide) groups is 1. The van der Waals surface area contributed by atoms with Crippen LogP contribution in [0.3, 0.4) is 0 Å². The Morgan fingerprint density at radius 3 is 2.26 bits per heavy atom. The van der Waals surface area contributed by atoms with Crippen molar-refractivity contribution in [1.29, 1.82) is 0 Å². The van der Waals surface area contributed by atoms with Crippen LogP contribution in [0, 0.1) is 24.0 Å². The van der Waals surface area contributed by atoms with Gasteiger partial charge in [0.05, 0.1) is 16.4 Å². The number of benzene rings is 3. The summed E-state index contributed by atoms with van der Waals surface area (Å²) in [5.74, 6) is -0.0824. The standard InChI is InChI=1S/C29H25N5O3S/c1-19-25(17-21-9-5-3-6-10-21)29(38-18-26(35)31-23-13-15-24(16-14-23)34(36)37)33-28(30-19)27(20(2)32-33)22-11-7-4-8-12-22/h3-16H,17-18H2,1-2H3,(H,31,35). The van der Waals surface area contributed by atoms with Gasteiger partial charge in [-0.05, 0) is 37.1 Å². The Balaban J connectivity index is 1.50. The lowest BCUT2D eigenvalue weighted by Gasteiger charge is -2.14. The number of carbonyl (C=O) groups is 1. The van der Waals surface area contributed by atoms with E-state index in [0.29, 0.717) is 12.1 Å². The van der Waals surface area contributed by atoms with Crippen LogP contribution in [-0.2, 0) is 11.2 Å². The number of nitro groups is 1. The van der Waals surface area contributed by atoms with Gasteiger partial charge in [0.15, 0.2) is 5.65 Å². The first-order valence-corrected chi connectivity index (χ1v) is 13.0. The maximum Gasteiger partial charge on any atom is 0.269 e. The second-order valence-electron chi connectivity index (χ2n) is 8.85. The molecule has 0 atom stereocenters. The molecular weight excluding hydrogens is 498 g/mol. The second-order valence-corrected chi connectivity index (χ2v) is 9.81. The fourth-order valence-electron chi connectivity index (χ4n) is 4.36. The fourth-order valence-corrected chi connectivity index (χ4v) is 5.34. The maximum absolute atomic E-state index is 12.9. The van der Waals surface area contributed by atoms with E-state index in [-0.39, 0.29) is 17.3 Å². The molecule has 0 aliphatic carbocycles. The summed E-state index contributed by atoms with van der Waals surface area (Å²) in [6.45, 7) is 3.97. The van der Waals surface area contributed by atoms with Gasteiger partial charge < -0.3 is 5.32 Å². The third-order valence-electron chi connectivity index (χ3n) is 6.18. The summed E-state index contributed by atoms with van der Waals surface area (Å²) in [4.78, 5) is 28.3. The molecule has 2 aromatic heterocycles. The molecule has 1 amide bonds. The lowest BCUT2D eigenvalue weighted by atomic mass is 10.0. The van der Waals surface area contributed by atoms with E-state index < -0.39 is 4.92 Å². The number of amides is 1. The molecule has 0 fully saturated rings. The van der Waals surface area contributed by atoms with Crippen molar-refractivity contribution in [2.24, 2.45) is 0 Å². The number of aryl methyl sites for hydroxylation is 2. The molecule has 0 aliphatic heterocycles. The molecule has 190 valence electrons. The lowest BCUT2D eigenvalue weighted by molar-refractivity contribution is -0.384. The molecule has 38 heavy (non-hydrogen) atoms. The van der Waals surface area contributed by atoms with Gasteiger partial charge in [-0.25, -0.2) is 9.50 Å². The van der Waals surface area contributed by atoms with Crippen LogP contribution in [0.1, 0.15) is 22.5 Å². The number of non-ortho nitro benzene ring substituents is 1. The number of rotatable bonds is 8. The summed E-state index contributed by atoms with van der Waals surface area (Å²) in [6.07, 6.45) is 0.654. The van der Waals surface area contributed by atoms with Crippen molar-refractivity contribution in [3.63, 3.8) is 0 Å². The van der Waals surface area contributed by atoms with Crippen LogP contribution in [0.2, 0.25) is 0 Å². The number of carbonyl (C=O) groups excluding carboxylic acids is 1. The van der Waals surface area contributed by atoms with Gasteiger partial charge in [0.25, 0.3) is 5.69 Å². The van der Waals surface area contributed by atoms with Crippen molar-refractivity contribution in [2.75, 3.05) is 11.1 Å². The predicted octanol–water partition coefficient (Wildman–Crippen LogP) is 6.24. The fraction of sp³-hybridized carbons (Fsp3) is 0.138. The average Bonchev–Trinajstić information content (AvgIpc) is 3.25. The predicted molar refractivity (Wildman–Crippen MR) is 150 cm³/mol. The smallest absolute Gasteiger partial charge is 0.269 e. The Morgan fingerprint density at radius 1 is 0.947 bits per heavy atom. The van der Waals surface area contributed by atoms with E-state index in [1.807, 2.05) is 66.9 Å². The Hall–Kier alpha value is -4.50. The number of fused-ring (bicyclic) bond motifs is 1. The Labute approximate surface area is 223 Å². The third-order valence-corrected chi connectivity index (χ3v) is 7.28. The molecule has 3 aromatic carbocycles. The molecule has 5 rings (SSSR count). The van der Waals surface area contributed by atoms with Crippen LogP contribution in [-0.4, -0.2) is 31.2 Å². The highest BCUT2D eigenvalue weighted by Gasteiger charge is 2.21. The summed E-state index contributed by atoms with van der Waals surface area (Å²) in [5.41, 5.74) is 7.13. The summed E-state index contributed by atoms with van der Waals surface area (Å²) in [7, 11) is 0. The van der Waals surface area contributed by atoms with Gasteiger partial charge in [-0.15, -0.1) is 0 Å². The zero-order valence-electron chi connectivity index (χ0n) is 20.9. The minimum absolute atomic E-state index is 0.0270. The van der Waals surface area contributed by atoms with Gasteiger partial charge in [0, 0.05) is 41.1 Å². The van der Waals surface area contributed by atoms with E-state index in [2.05, 4.69) is 17.4 Å². The first-order valence-electron chi connectivity index (χ1n) is 12.1. The average molecular weight is 524 g/mol. The van der Waals surface area contributed by atoms with Crippen LogP contribution < -0.4 is 5.32 Å². The number of anilines is 1. The van der Waals surface area contributed by atoms with E-state index in [4.69, 9.17) is 10.1 Å². The summed E-state index contributed by atoms with van der Waals surface area (Å²) >= 11 is 1.40. The topological polar surface area (TPSA) is 102 Å². The molecule has 0 saturated heterocycles. The van der Waals surface area contributed by atoms with Gasteiger partial charge in [-0.2, -0.15) is 5.10 Å². The molecule has 0 spiro atoms. The van der Waals surface area contributed by atoms with Gasteiger partial charge in [-0.1, -0.05) is 72.4 Å². The summed E-state index contributed by atoms with van der Waals surface area (Å²) < 4.78 is 1.85. The Bertz CT molecular complexity index is 1620. The highest BCUT2D eigenvalue weighted by molar-refractivity contribution is 8.00. The van der Waals surface area contributed by atoms with Crippen molar-refractivity contribution < 1.29 is 9.72 Å². The Kier molecular flexibility index (Phi) is 7.19. The zero-order chi connectivity index (χ0) is 26.6. The largest absolute Gasteiger partial charge is 0.325 e. The van der Waals surface area contributed by atoms with Crippen LogP contribution in [0.5, 0.6) is 0 Å². The summed E-state index contributed by atoms with van der Waals surface area (Å²) in [5, 5.41) is 19.5. The molecule has 0 saturated carbocycles.